The third-order valence-corrected chi connectivity index (χ3v) is 4.41. The Morgan fingerprint density at radius 1 is 0.870 bits per heavy atom. The summed E-state index contributed by atoms with van der Waals surface area (Å²) < 4.78 is 0. The molecule has 0 saturated heterocycles. The Hall–Kier alpha value is -1.64. The van der Waals surface area contributed by atoms with Crippen LogP contribution >= 0.6 is 0 Å². The van der Waals surface area contributed by atoms with Gasteiger partial charge in [0.05, 0.1) is 6.61 Å². The zero-order valence-corrected chi connectivity index (χ0v) is 14.4. The zero-order valence-electron chi connectivity index (χ0n) is 14.4. The lowest BCUT2D eigenvalue weighted by Crippen LogP contribution is -2.40. The van der Waals surface area contributed by atoms with Crippen LogP contribution < -0.4 is 5.73 Å². The van der Waals surface area contributed by atoms with Crippen LogP contribution in [0, 0.1) is 0 Å². The highest BCUT2D eigenvalue weighted by molar-refractivity contribution is 5.63. The Bertz CT molecular complexity index is 584. The maximum absolute atomic E-state index is 9.22. The summed E-state index contributed by atoms with van der Waals surface area (Å²) in [5.41, 5.74) is 10.7. The highest BCUT2D eigenvalue weighted by atomic mass is 16.3. The fourth-order valence-corrected chi connectivity index (χ4v) is 2.62. The topological polar surface area (TPSA) is 46.2 Å². The van der Waals surface area contributed by atoms with Gasteiger partial charge in [-0.3, -0.25) is 0 Å². The lowest BCUT2D eigenvalue weighted by Gasteiger charge is -2.21. The summed E-state index contributed by atoms with van der Waals surface area (Å²) >= 11 is 0. The second-order valence-corrected chi connectivity index (χ2v) is 6.81. The molecule has 0 unspecified atom stereocenters. The summed E-state index contributed by atoms with van der Waals surface area (Å²) in [4.78, 5) is 0. The van der Waals surface area contributed by atoms with E-state index in [9.17, 15) is 5.11 Å². The van der Waals surface area contributed by atoms with Gasteiger partial charge < -0.3 is 10.8 Å². The second kappa shape index (κ2) is 8.28. The van der Waals surface area contributed by atoms with Crippen molar-refractivity contribution in [3.8, 4) is 11.1 Å². The van der Waals surface area contributed by atoms with Crippen molar-refractivity contribution in [1.82, 2.24) is 0 Å². The van der Waals surface area contributed by atoms with Crippen LogP contribution in [0.1, 0.15) is 44.2 Å². The standard InChI is InChI=1S/C21H29NO/c1-3-4-5-17-6-10-19(11-7-17)20-12-8-18(9-13-20)14-15-21(2,22)16-23/h6-13,23H,3-5,14-16,22H2,1-2H3/t21-/m1/s1. The number of aliphatic hydroxyl groups excluding tert-OH is 1. The van der Waals surface area contributed by atoms with Gasteiger partial charge in [0.1, 0.15) is 0 Å². The van der Waals surface area contributed by atoms with Gasteiger partial charge in [-0.05, 0) is 54.9 Å². The van der Waals surface area contributed by atoms with Crippen LogP contribution in [0.4, 0.5) is 0 Å². The molecule has 3 N–H and O–H groups in total. The normalized spacial score (nSPS) is 13.7. The molecule has 2 aromatic rings. The third-order valence-electron chi connectivity index (χ3n) is 4.41. The molecular weight excluding hydrogens is 282 g/mol. The molecule has 0 heterocycles. The molecule has 0 aliphatic heterocycles. The van der Waals surface area contributed by atoms with E-state index in [1.807, 2.05) is 6.92 Å². The zero-order chi connectivity index (χ0) is 16.7. The summed E-state index contributed by atoms with van der Waals surface area (Å²) in [7, 11) is 0. The van der Waals surface area contributed by atoms with Crippen LogP contribution in [0.15, 0.2) is 48.5 Å². The van der Waals surface area contributed by atoms with Gasteiger partial charge in [-0.15, -0.1) is 0 Å². The van der Waals surface area contributed by atoms with Crippen LogP contribution in [0.2, 0.25) is 0 Å². The van der Waals surface area contributed by atoms with E-state index in [-0.39, 0.29) is 6.61 Å². The molecule has 2 nitrogen and oxygen atoms in total. The first kappa shape index (κ1) is 17.7. The number of aryl methyl sites for hydroxylation is 2. The highest BCUT2D eigenvalue weighted by Gasteiger charge is 2.16. The molecule has 0 aromatic heterocycles. The van der Waals surface area contributed by atoms with E-state index in [0.717, 1.165) is 12.8 Å². The minimum absolute atomic E-state index is 0.0233. The number of rotatable bonds is 8. The first-order chi connectivity index (χ1) is 11.0. The quantitative estimate of drug-likeness (QED) is 0.762. The third kappa shape index (κ3) is 5.49. The maximum atomic E-state index is 9.22. The van der Waals surface area contributed by atoms with Gasteiger partial charge >= 0.3 is 0 Å². The summed E-state index contributed by atoms with van der Waals surface area (Å²) in [6.45, 7) is 4.14. The van der Waals surface area contributed by atoms with Crippen LogP contribution in [0.5, 0.6) is 0 Å². The van der Waals surface area contributed by atoms with Gasteiger partial charge in [0.25, 0.3) is 0 Å². The van der Waals surface area contributed by atoms with E-state index >= 15 is 0 Å². The molecular formula is C21H29NO. The molecule has 0 spiro atoms. The molecule has 2 aromatic carbocycles. The Morgan fingerprint density at radius 2 is 1.35 bits per heavy atom. The van der Waals surface area contributed by atoms with Crippen LogP contribution in [-0.4, -0.2) is 17.3 Å². The number of aliphatic hydroxyl groups is 1. The molecule has 0 saturated carbocycles. The van der Waals surface area contributed by atoms with Crippen molar-refractivity contribution in [2.45, 2.75) is 51.5 Å². The summed E-state index contributed by atoms with van der Waals surface area (Å²) in [5, 5.41) is 9.22. The van der Waals surface area contributed by atoms with E-state index in [2.05, 4.69) is 55.5 Å². The Morgan fingerprint density at radius 3 is 1.78 bits per heavy atom. The minimum Gasteiger partial charge on any atom is -0.394 e. The second-order valence-electron chi connectivity index (χ2n) is 6.81. The Labute approximate surface area is 140 Å². The van der Waals surface area contributed by atoms with Crippen LogP contribution in [-0.2, 0) is 12.8 Å². The smallest absolute Gasteiger partial charge is 0.0608 e. The molecule has 0 aliphatic rings. The molecule has 2 rings (SSSR count). The van der Waals surface area contributed by atoms with Gasteiger partial charge in [0.15, 0.2) is 0 Å². The van der Waals surface area contributed by atoms with Crippen molar-refractivity contribution >= 4 is 0 Å². The fraction of sp³-hybridized carbons (Fsp3) is 0.429. The van der Waals surface area contributed by atoms with E-state index in [1.165, 1.54) is 41.5 Å². The first-order valence-electron chi connectivity index (χ1n) is 8.62. The van der Waals surface area contributed by atoms with Crippen LogP contribution in [0.3, 0.4) is 0 Å². The Balaban J connectivity index is 1.99. The minimum atomic E-state index is -0.493. The van der Waals surface area contributed by atoms with Gasteiger partial charge in [-0.25, -0.2) is 0 Å². The number of nitrogens with two attached hydrogens (primary N) is 1. The van der Waals surface area contributed by atoms with Crippen molar-refractivity contribution in [3.63, 3.8) is 0 Å². The largest absolute Gasteiger partial charge is 0.394 e. The molecule has 0 radical (unpaired) electrons. The predicted octanol–water partition coefficient (Wildman–Crippen LogP) is 4.34. The SMILES string of the molecule is CCCCc1ccc(-c2ccc(CC[C@@](C)(N)CO)cc2)cc1. The molecule has 23 heavy (non-hydrogen) atoms. The van der Waals surface area contributed by atoms with Gasteiger partial charge in [-0.2, -0.15) is 0 Å². The van der Waals surface area contributed by atoms with Crippen LogP contribution in [0.25, 0.3) is 11.1 Å². The molecule has 0 bridgehead atoms. The lowest BCUT2D eigenvalue weighted by atomic mass is 9.94. The molecule has 1 atom stereocenters. The molecule has 124 valence electrons. The molecule has 0 aliphatic carbocycles. The van der Waals surface area contributed by atoms with Crippen molar-refractivity contribution in [1.29, 1.82) is 0 Å². The summed E-state index contributed by atoms with van der Waals surface area (Å²) in [6, 6.07) is 17.6. The average Bonchev–Trinajstić information content (AvgIpc) is 2.59. The number of hydrogen-bond acceptors (Lipinski definition) is 2. The predicted molar refractivity (Wildman–Crippen MR) is 98.5 cm³/mol. The highest BCUT2D eigenvalue weighted by Crippen LogP contribution is 2.22. The van der Waals surface area contributed by atoms with E-state index < -0.39 is 5.54 Å². The van der Waals surface area contributed by atoms with Crippen molar-refractivity contribution in [2.24, 2.45) is 5.73 Å². The fourth-order valence-electron chi connectivity index (χ4n) is 2.62. The average molecular weight is 311 g/mol. The van der Waals surface area contributed by atoms with Crippen molar-refractivity contribution in [3.05, 3.63) is 59.7 Å². The number of hydrogen-bond donors (Lipinski definition) is 2. The molecule has 0 amide bonds. The van der Waals surface area contributed by atoms with Crippen molar-refractivity contribution < 1.29 is 5.11 Å². The summed E-state index contributed by atoms with van der Waals surface area (Å²) in [6.07, 6.45) is 5.33. The van der Waals surface area contributed by atoms with E-state index in [0.29, 0.717) is 0 Å². The van der Waals surface area contributed by atoms with Crippen molar-refractivity contribution in [2.75, 3.05) is 6.61 Å². The summed E-state index contributed by atoms with van der Waals surface area (Å²) in [5.74, 6) is 0. The molecule has 2 heteroatoms. The number of benzene rings is 2. The maximum Gasteiger partial charge on any atom is 0.0608 e. The first-order valence-corrected chi connectivity index (χ1v) is 8.62. The number of unbranched alkanes of at least 4 members (excludes halogenated alkanes) is 1. The van der Waals surface area contributed by atoms with E-state index in [1.54, 1.807) is 0 Å². The molecule has 0 fully saturated rings. The van der Waals surface area contributed by atoms with E-state index in [4.69, 9.17) is 5.73 Å². The van der Waals surface area contributed by atoms with Gasteiger partial charge in [0, 0.05) is 5.54 Å². The lowest BCUT2D eigenvalue weighted by molar-refractivity contribution is 0.200. The monoisotopic (exact) mass is 311 g/mol. The Kier molecular flexibility index (Phi) is 6.37. The van der Waals surface area contributed by atoms with Gasteiger partial charge in [-0.1, -0.05) is 61.9 Å². The van der Waals surface area contributed by atoms with Gasteiger partial charge in [0.2, 0.25) is 0 Å².